The first-order valence-corrected chi connectivity index (χ1v) is 11.8. The van der Waals surface area contributed by atoms with Crippen LogP contribution in [0, 0.1) is 13.8 Å². The molecule has 152 valence electrons. The molecule has 5 nitrogen and oxygen atoms in total. The van der Waals surface area contributed by atoms with Gasteiger partial charge >= 0.3 is 0 Å². The van der Waals surface area contributed by atoms with E-state index in [0.717, 1.165) is 33.8 Å². The van der Waals surface area contributed by atoms with E-state index in [4.69, 9.17) is 0 Å². The molecule has 1 atom stereocenters. The minimum atomic E-state index is -0.0753. The van der Waals surface area contributed by atoms with Crippen LogP contribution in [-0.4, -0.2) is 21.6 Å². The number of benzene rings is 1. The van der Waals surface area contributed by atoms with Gasteiger partial charge in [-0.2, -0.15) is 11.8 Å². The highest BCUT2D eigenvalue weighted by molar-refractivity contribution is 7.99. The molecule has 29 heavy (non-hydrogen) atoms. The van der Waals surface area contributed by atoms with Gasteiger partial charge in [0.2, 0.25) is 5.91 Å². The molecule has 0 saturated carbocycles. The van der Waals surface area contributed by atoms with Gasteiger partial charge in [-0.05, 0) is 68.9 Å². The van der Waals surface area contributed by atoms with E-state index in [9.17, 15) is 9.59 Å². The zero-order chi connectivity index (χ0) is 20.5. The van der Waals surface area contributed by atoms with Crippen LogP contribution in [0.4, 0.5) is 5.69 Å². The number of aromatic amines is 1. The van der Waals surface area contributed by atoms with E-state index in [-0.39, 0.29) is 16.7 Å². The van der Waals surface area contributed by atoms with Crippen LogP contribution in [0.2, 0.25) is 0 Å². The molecule has 1 aromatic carbocycles. The second-order valence-corrected chi connectivity index (χ2v) is 10.2. The fraction of sp³-hybridized carbons (Fsp3) is 0.409. The number of thioether (sulfide) groups is 1. The number of hydrogen-bond acceptors (Lipinski definition) is 5. The van der Waals surface area contributed by atoms with Gasteiger partial charge in [-0.25, -0.2) is 4.98 Å². The molecule has 2 N–H and O–H groups in total. The van der Waals surface area contributed by atoms with Gasteiger partial charge in [0, 0.05) is 22.7 Å². The van der Waals surface area contributed by atoms with Crippen LogP contribution in [0.5, 0.6) is 0 Å². The summed E-state index contributed by atoms with van der Waals surface area (Å²) in [5.41, 5.74) is 4.58. The van der Waals surface area contributed by atoms with Gasteiger partial charge < -0.3 is 10.3 Å². The van der Waals surface area contributed by atoms with Crippen LogP contribution in [-0.2, 0) is 17.6 Å². The maximum absolute atomic E-state index is 12.4. The lowest BCUT2D eigenvalue weighted by Crippen LogP contribution is -2.14. The molecule has 0 unspecified atom stereocenters. The Labute approximate surface area is 178 Å². The summed E-state index contributed by atoms with van der Waals surface area (Å²) in [6, 6.07) is 6.22. The average molecular weight is 428 g/mol. The van der Waals surface area contributed by atoms with E-state index in [2.05, 4.69) is 27.4 Å². The summed E-state index contributed by atoms with van der Waals surface area (Å²) in [5.74, 6) is 1.36. The van der Waals surface area contributed by atoms with Crippen molar-refractivity contribution in [1.29, 1.82) is 0 Å². The third kappa shape index (κ3) is 4.26. The Hall–Kier alpha value is -2.12. The number of aryl methyl sites for hydroxylation is 4. The lowest BCUT2D eigenvalue weighted by molar-refractivity contribution is -0.115. The average Bonchev–Trinajstić information content (AvgIpc) is 3.25. The number of thiophene rings is 1. The molecular formula is C22H25N3O2S2. The van der Waals surface area contributed by atoms with E-state index in [1.165, 1.54) is 17.5 Å². The molecule has 3 aromatic rings. The molecule has 0 aliphatic heterocycles. The number of H-pyrrole nitrogens is 1. The molecule has 0 spiro atoms. The Bertz CT molecular complexity index is 1130. The minimum Gasteiger partial charge on any atom is -0.326 e. The Morgan fingerprint density at radius 3 is 2.93 bits per heavy atom. The van der Waals surface area contributed by atoms with E-state index < -0.39 is 0 Å². The van der Waals surface area contributed by atoms with Gasteiger partial charge in [-0.15, -0.1) is 11.3 Å². The Kier molecular flexibility index (Phi) is 5.79. The van der Waals surface area contributed by atoms with Crippen LogP contribution in [0.3, 0.4) is 0 Å². The Morgan fingerprint density at radius 2 is 2.10 bits per heavy atom. The maximum atomic E-state index is 12.4. The molecule has 7 heteroatoms. The number of carbonyl (C=O) groups excluding carboxylic acids is 1. The van der Waals surface area contributed by atoms with Crippen molar-refractivity contribution in [2.24, 2.45) is 0 Å². The maximum Gasteiger partial charge on any atom is 0.259 e. The number of anilines is 1. The topological polar surface area (TPSA) is 74.8 Å². The molecular weight excluding hydrogens is 402 g/mol. The zero-order valence-electron chi connectivity index (χ0n) is 16.9. The monoisotopic (exact) mass is 427 g/mol. The van der Waals surface area contributed by atoms with Crippen LogP contribution >= 0.6 is 23.1 Å². The summed E-state index contributed by atoms with van der Waals surface area (Å²) in [6.07, 6.45) is 3.87. The standard InChI is InChI=1S/C22H25N3O2S2/c1-12-13(2)29-22-19(12)21(27)24-20(25-22)14(3)28-10-9-18(26)23-17-8-7-15-5-4-6-16(15)11-17/h7-8,11,14H,4-6,9-10H2,1-3H3,(H,23,26)(H,24,25,27)/t14-/m1/s1. The molecule has 1 amide bonds. The number of nitrogens with one attached hydrogen (secondary N) is 2. The van der Waals surface area contributed by atoms with E-state index in [1.807, 2.05) is 26.8 Å². The smallest absolute Gasteiger partial charge is 0.259 e. The number of amides is 1. The highest BCUT2D eigenvalue weighted by Gasteiger charge is 2.16. The highest BCUT2D eigenvalue weighted by Crippen LogP contribution is 2.30. The summed E-state index contributed by atoms with van der Waals surface area (Å²) < 4.78 is 0. The van der Waals surface area contributed by atoms with Crippen LogP contribution in [0.1, 0.15) is 52.4 Å². The third-order valence-electron chi connectivity index (χ3n) is 5.52. The van der Waals surface area contributed by atoms with E-state index >= 15 is 0 Å². The van der Waals surface area contributed by atoms with Crippen LogP contribution in [0.25, 0.3) is 10.2 Å². The molecule has 0 fully saturated rings. The van der Waals surface area contributed by atoms with Crippen LogP contribution in [0.15, 0.2) is 23.0 Å². The fourth-order valence-corrected chi connectivity index (χ4v) is 5.71. The Balaban J connectivity index is 1.34. The molecule has 1 aliphatic carbocycles. The first-order valence-electron chi connectivity index (χ1n) is 9.95. The van der Waals surface area contributed by atoms with E-state index in [0.29, 0.717) is 23.4 Å². The first kappa shape index (κ1) is 20.2. The molecule has 0 radical (unpaired) electrons. The largest absolute Gasteiger partial charge is 0.326 e. The van der Waals surface area contributed by atoms with Gasteiger partial charge in [-0.3, -0.25) is 9.59 Å². The summed E-state index contributed by atoms with van der Waals surface area (Å²) in [7, 11) is 0. The lowest BCUT2D eigenvalue weighted by Gasteiger charge is -2.11. The van der Waals surface area contributed by atoms with Gasteiger partial charge in [0.05, 0.1) is 10.6 Å². The van der Waals surface area contributed by atoms with Crippen molar-refractivity contribution < 1.29 is 4.79 Å². The number of carbonyl (C=O) groups is 1. The second-order valence-electron chi connectivity index (χ2n) is 7.56. The summed E-state index contributed by atoms with van der Waals surface area (Å²) in [5, 5.41) is 3.72. The molecule has 4 rings (SSSR count). The predicted molar refractivity (Wildman–Crippen MR) is 122 cm³/mol. The van der Waals surface area contributed by atoms with Gasteiger partial charge in [0.15, 0.2) is 0 Å². The molecule has 2 heterocycles. The van der Waals surface area contributed by atoms with E-state index in [1.54, 1.807) is 23.1 Å². The molecule has 2 aromatic heterocycles. The lowest BCUT2D eigenvalue weighted by atomic mass is 10.1. The number of aromatic nitrogens is 2. The van der Waals surface area contributed by atoms with Crippen molar-refractivity contribution in [1.82, 2.24) is 9.97 Å². The predicted octanol–water partition coefficient (Wildman–Crippen LogP) is 4.91. The normalized spacial score (nSPS) is 14.2. The Morgan fingerprint density at radius 1 is 1.31 bits per heavy atom. The second kappa shape index (κ2) is 8.32. The molecule has 1 aliphatic rings. The fourth-order valence-electron chi connectivity index (χ4n) is 3.74. The molecule has 0 bridgehead atoms. The molecule has 0 saturated heterocycles. The van der Waals surface area contributed by atoms with Gasteiger partial charge in [0.1, 0.15) is 10.7 Å². The quantitative estimate of drug-likeness (QED) is 0.586. The van der Waals surface area contributed by atoms with Crippen molar-refractivity contribution >= 4 is 44.9 Å². The highest BCUT2D eigenvalue weighted by atomic mass is 32.2. The zero-order valence-corrected chi connectivity index (χ0v) is 18.6. The minimum absolute atomic E-state index is 0.0163. The van der Waals surface area contributed by atoms with Crippen molar-refractivity contribution in [3.8, 4) is 0 Å². The number of rotatable bonds is 6. The SMILES string of the molecule is Cc1sc2nc([C@@H](C)SCCC(=O)Nc3ccc4c(c3)CCC4)[nH]c(=O)c2c1C. The van der Waals surface area contributed by atoms with Gasteiger partial charge in [-0.1, -0.05) is 6.07 Å². The van der Waals surface area contributed by atoms with Crippen molar-refractivity contribution in [3.05, 3.63) is 55.9 Å². The summed E-state index contributed by atoms with van der Waals surface area (Å²) >= 11 is 3.19. The number of hydrogen-bond donors (Lipinski definition) is 2. The van der Waals surface area contributed by atoms with Crippen LogP contribution < -0.4 is 10.9 Å². The summed E-state index contributed by atoms with van der Waals surface area (Å²) in [4.78, 5) is 34.2. The van der Waals surface area contributed by atoms with Crippen molar-refractivity contribution in [3.63, 3.8) is 0 Å². The third-order valence-corrected chi connectivity index (χ3v) is 7.79. The first-order chi connectivity index (χ1) is 13.9. The van der Waals surface area contributed by atoms with Crippen molar-refractivity contribution in [2.45, 2.75) is 51.7 Å². The number of nitrogens with zero attached hydrogens (tertiary/aromatic N) is 1. The van der Waals surface area contributed by atoms with Gasteiger partial charge in [0.25, 0.3) is 5.56 Å². The van der Waals surface area contributed by atoms with Crippen molar-refractivity contribution in [2.75, 3.05) is 11.1 Å². The number of fused-ring (bicyclic) bond motifs is 2. The summed E-state index contributed by atoms with van der Waals surface area (Å²) in [6.45, 7) is 5.99.